The normalized spacial score (nSPS) is 16.2. The van der Waals surface area contributed by atoms with E-state index in [-0.39, 0.29) is 0 Å². The highest BCUT2D eigenvalue weighted by molar-refractivity contribution is 5.50. The Hall–Kier alpha value is -2.53. The minimum atomic E-state index is 0.354. The minimum Gasteiger partial charge on any atom is -0.420 e. The molecule has 0 unspecified atom stereocenters. The largest absolute Gasteiger partial charge is 0.420 e. The fourth-order valence-electron chi connectivity index (χ4n) is 3.30. The van der Waals surface area contributed by atoms with Gasteiger partial charge >= 0.3 is 0 Å². The Morgan fingerprint density at radius 2 is 1.88 bits per heavy atom. The minimum absolute atomic E-state index is 0.354. The van der Waals surface area contributed by atoms with Gasteiger partial charge in [-0.25, -0.2) is 0 Å². The predicted molar refractivity (Wildman–Crippen MR) is 96.0 cm³/mol. The first kappa shape index (κ1) is 16.0. The summed E-state index contributed by atoms with van der Waals surface area (Å²) in [5.41, 5.74) is 3.56. The molecule has 25 heavy (non-hydrogen) atoms. The van der Waals surface area contributed by atoms with Crippen LogP contribution in [0.5, 0.6) is 0 Å². The van der Waals surface area contributed by atoms with E-state index in [9.17, 15) is 0 Å². The van der Waals surface area contributed by atoms with Gasteiger partial charge in [-0.15, -0.1) is 10.2 Å². The number of rotatable bonds is 4. The van der Waals surface area contributed by atoms with Crippen LogP contribution in [0.2, 0.25) is 0 Å². The molecule has 0 N–H and O–H groups in total. The van der Waals surface area contributed by atoms with Gasteiger partial charge in [-0.1, -0.05) is 29.8 Å². The number of piperidine rings is 1. The topological polar surface area (TPSA) is 55.1 Å². The highest BCUT2D eigenvalue weighted by atomic mass is 16.4. The third kappa shape index (κ3) is 3.77. The fourth-order valence-corrected chi connectivity index (χ4v) is 3.30. The van der Waals surface area contributed by atoms with Gasteiger partial charge in [0.15, 0.2) is 0 Å². The van der Waals surface area contributed by atoms with Gasteiger partial charge in [0.1, 0.15) is 0 Å². The van der Waals surface area contributed by atoms with Gasteiger partial charge in [-0.2, -0.15) is 0 Å². The lowest BCUT2D eigenvalue weighted by atomic mass is 9.96. The molecule has 5 heteroatoms. The Balaban J connectivity index is 1.36. The molecule has 0 bridgehead atoms. The van der Waals surface area contributed by atoms with Crippen molar-refractivity contribution in [2.75, 3.05) is 13.1 Å². The van der Waals surface area contributed by atoms with Gasteiger partial charge in [0.05, 0.1) is 5.56 Å². The Morgan fingerprint density at radius 3 is 2.60 bits per heavy atom. The maximum absolute atomic E-state index is 5.90. The van der Waals surface area contributed by atoms with E-state index in [1.165, 1.54) is 11.1 Å². The van der Waals surface area contributed by atoms with Crippen molar-refractivity contribution in [2.45, 2.75) is 32.2 Å². The van der Waals surface area contributed by atoms with Gasteiger partial charge < -0.3 is 4.42 Å². The summed E-state index contributed by atoms with van der Waals surface area (Å²) >= 11 is 0. The third-order valence-corrected chi connectivity index (χ3v) is 4.81. The van der Waals surface area contributed by atoms with Crippen LogP contribution >= 0.6 is 0 Å². The lowest BCUT2D eigenvalue weighted by Crippen LogP contribution is -2.32. The van der Waals surface area contributed by atoms with Gasteiger partial charge in [0.2, 0.25) is 11.8 Å². The smallest absolute Gasteiger partial charge is 0.249 e. The van der Waals surface area contributed by atoms with Gasteiger partial charge in [-0.3, -0.25) is 9.88 Å². The van der Waals surface area contributed by atoms with Crippen LogP contribution < -0.4 is 0 Å². The van der Waals surface area contributed by atoms with Crippen LogP contribution in [0.3, 0.4) is 0 Å². The number of hydrogen-bond donors (Lipinski definition) is 0. The summed E-state index contributed by atoms with van der Waals surface area (Å²) in [6.07, 6.45) is 5.60. The molecular weight excluding hydrogens is 312 g/mol. The van der Waals surface area contributed by atoms with Crippen LogP contribution in [0.4, 0.5) is 0 Å². The molecule has 3 aromatic rings. The first-order chi connectivity index (χ1) is 12.3. The molecule has 1 saturated heterocycles. The molecule has 1 aromatic carbocycles. The standard InChI is InChI=1S/C20H22N4O/c1-15-4-6-16(7-5-15)14-24-11-8-17(9-12-24)19-22-23-20(25-19)18-3-2-10-21-13-18/h2-7,10,13,17H,8-9,11-12,14H2,1H3. The second-order valence-corrected chi connectivity index (χ2v) is 6.72. The molecule has 0 atom stereocenters. The molecule has 0 radical (unpaired) electrons. The van der Waals surface area contributed by atoms with E-state index in [2.05, 4.69) is 51.3 Å². The molecule has 1 aliphatic heterocycles. The van der Waals surface area contributed by atoms with Crippen LogP contribution in [-0.2, 0) is 6.54 Å². The molecular formula is C20H22N4O. The first-order valence-electron chi connectivity index (χ1n) is 8.79. The first-order valence-corrected chi connectivity index (χ1v) is 8.79. The van der Waals surface area contributed by atoms with Crippen molar-refractivity contribution in [2.24, 2.45) is 0 Å². The molecule has 0 saturated carbocycles. The molecule has 4 rings (SSSR count). The molecule has 0 aliphatic carbocycles. The Labute approximate surface area is 147 Å². The summed E-state index contributed by atoms with van der Waals surface area (Å²) in [6.45, 7) is 5.25. The molecule has 5 nitrogen and oxygen atoms in total. The molecule has 0 spiro atoms. The van der Waals surface area contributed by atoms with Crippen LogP contribution in [0.25, 0.3) is 11.5 Å². The van der Waals surface area contributed by atoms with Crippen molar-refractivity contribution in [3.05, 3.63) is 65.8 Å². The summed E-state index contributed by atoms with van der Waals surface area (Å²) < 4.78 is 5.90. The lowest BCUT2D eigenvalue weighted by Gasteiger charge is -2.30. The van der Waals surface area contributed by atoms with Crippen molar-refractivity contribution in [1.29, 1.82) is 0 Å². The number of benzene rings is 1. The highest BCUT2D eigenvalue weighted by Gasteiger charge is 2.25. The van der Waals surface area contributed by atoms with E-state index in [0.29, 0.717) is 11.8 Å². The van der Waals surface area contributed by atoms with Gasteiger partial charge in [-0.05, 0) is 50.6 Å². The van der Waals surface area contributed by atoms with Crippen LogP contribution in [0.15, 0.2) is 53.2 Å². The molecule has 1 fully saturated rings. The zero-order valence-electron chi connectivity index (χ0n) is 14.4. The maximum Gasteiger partial charge on any atom is 0.249 e. The van der Waals surface area contributed by atoms with Gasteiger partial charge in [0, 0.05) is 24.9 Å². The third-order valence-electron chi connectivity index (χ3n) is 4.81. The molecule has 0 amide bonds. The fraction of sp³-hybridized carbons (Fsp3) is 0.350. The number of aromatic nitrogens is 3. The Morgan fingerprint density at radius 1 is 1.08 bits per heavy atom. The highest BCUT2D eigenvalue weighted by Crippen LogP contribution is 2.29. The second-order valence-electron chi connectivity index (χ2n) is 6.72. The van der Waals surface area contributed by atoms with Crippen LogP contribution in [-0.4, -0.2) is 33.2 Å². The van der Waals surface area contributed by atoms with Gasteiger partial charge in [0.25, 0.3) is 0 Å². The van der Waals surface area contributed by atoms with E-state index >= 15 is 0 Å². The van der Waals surface area contributed by atoms with Crippen LogP contribution in [0.1, 0.15) is 35.8 Å². The summed E-state index contributed by atoms with van der Waals surface area (Å²) in [6, 6.07) is 12.6. The number of nitrogens with zero attached hydrogens (tertiary/aromatic N) is 4. The monoisotopic (exact) mass is 334 g/mol. The predicted octanol–water partition coefficient (Wildman–Crippen LogP) is 3.82. The Bertz CT molecular complexity index is 805. The SMILES string of the molecule is Cc1ccc(CN2CCC(c3nnc(-c4cccnc4)o3)CC2)cc1. The quantitative estimate of drug-likeness (QED) is 0.726. The van der Waals surface area contributed by atoms with E-state index in [1.807, 2.05) is 12.1 Å². The molecule has 3 heterocycles. The summed E-state index contributed by atoms with van der Waals surface area (Å²) in [5.74, 6) is 1.67. The average Bonchev–Trinajstić information content (AvgIpc) is 3.15. The van der Waals surface area contributed by atoms with E-state index in [0.717, 1.165) is 43.9 Å². The summed E-state index contributed by atoms with van der Waals surface area (Å²) in [7, 11) is 0. The zero-order valence-corrected chi connectivity index (χ0v) is 14.4. The van der Waals surface area contributed by atoms with E-state index in [4.69, 9.17) is 4.42 Å². The van der Waals surface area contributed by atoms with E-state index in [1.54, 1.807) is 12.4 Å². The van der Waals surface area contributed by atoms with Crippen LogP contribution in [0, 0.1) is 6.92 Å². The maximum atomic E-state index is 5.90. The van der Waals surface area contributed by atoms with Crippen molar-refractivity contribution < 1.29 is 4.42 Å². The van der Waals surface area contributed by atoms with Crippen molar-refractivity contribution in [3.63, 3.8) is 0 Å². The lowest BCUT2D eigenvalue weighted by molar-refractivity contribution is 0.193. The number of aryl methyl sites for hydroxylation is 1. The summed E-state index contributed by atoms with van der Waals surface area (Å²) in [4.78, 5) is 6.60. The summed E-state index contributed by atoms with van der Waals surface area (Å²) in [5, 5.41) is 8.46. The van der Waals surface area contributed by atoms with Crippen molar-refractivity contribution >= 4 is 0 Å². The van der Waals surface area contributed by atoms with Crippen molar-refractivity contribution in [1.82, 2.24) is 20.1 Å². The number of pyridine rings is 1. The molecule has 128 valence electrons. The zero-order chi connectivity index (χ0) is 17.1. The number of hydrogen-bond acceptors (Lipinski definition) is 5. The number of likely N-dealkylation sites (tertiary alicyclic amines) is 1. The van der Waals surface area contributed by atoms with E-state index < -0.39 is 0 Å². The molecule has 1 aliphatic rings. The van der Waals surface area contributed by atoms with Crippen molar-refractivity contribution in [3.8, 4) is 11.5 Å². The molecule has 2 aromatic heterocycles. The second kappa shape index (κ2) is 7.15. The average molecular weight is 334 g/mol. The Kier molecular flexibility index (Phi) is 4.57.